The van der Waals surface area contributed by atoms with Gasteiger partial charge in [-0.2, -0.15) is 0 Å². The highest BCUT2D eigenvalue weighted by Gasteiger charge is 2.00. The largest absolute Gasteiger partial charge is 0.331 e. The Morgan fingerprint density at radius 1 is 1.28 bits per heavy atom. The fraction of sp³-hybridized carbons (Fsp3) is 0.400. The summed E-state index contributed by atoms with van der Waals surface area (Å²) in [4.78, 5) is 4.25. The Hall–Kier alpha value is -1.61. The van der Waals surface area contributed by atoms with Crippen molar-refractivity contribution in [2.45, 2.75) is 33.4 Å². The van der Waals surface area contributed by atoms with E-state index < -0.39 is 0 Å². The highest BCUT2D eigenvalue weighted by molar-refractivity contribution is 5.24. The summed E-state index contributed by atoms with van der Waals surface area (Å²) in [7, 11) is 0. The van der Waals surface area contributed by atoms with Gasteiger partial charge in [0.1, 0.15) is 5.82 Å². The maximum atomic E-state index is 4.25. The summed E-state index contributed by atoms with van der Waals surface area (Å²) >= 11 is 0. The molecule has 0 atom stereocenters. The van der Waals surface area contributed by atoms with E-state index in [1.165, 1.54) is 17.5 Å². The molecule has 1 heterocycles. The van der Waals surface area contributed by atoms with Crippen LogP contribution in [0.1, 0.15) is 30.3 Å². The Kier molecular flexibility index (Phi) is 4.53. The maximum Gasteiger partial charge on any atom is 0.105 e. The van der Waals surface area contributed by atoms with Gasteiger partial charge >= 0.3 is 0 Å². The molecular weight excluding hydrogens is 222 g/mol. The average Bonchev–Trinajstić information content (AvgIpc) is 2.76. The van der Waals surface area contributed by atoms with E-state index in [4.69, 9.17) is 0 Å². The molecule has 0 spiro atoms. The lowest BCUT2D eigenvalue weighted by Gasteiger charge is -2.08. The Morgan fingerprint density at radius 3 is 2.83 bits per heavy atom. The Balaban J connectivity index is 2.01. The molecule has 0 aliphatic carbocycles. The summed E-state index contributed by atoms with van der Waals surface area (Å²) in [6.45, 7) is 7.14. The molecule has 3 heteroatoms. The number of rotatable bonds is 6. The SMILES string of the molecule is CCCNCc1cccc(Cn2ccnc2C)c1. The highest BCUT2D eigenvalue weighted by atomic mass is 15.0. The monoisotopic (exact) mass is 243 g/mol. The van der Waals surface area contributed by atoms with E-state index in [0.717, 1.165) is 25.5 Å². The molecular formula is C15H21N3. The van der Waals surface area contributed by atoms with Crippen molar-refractivity contribution in [3.05, 3.63) is 53.6 Å². The minimum absolute atomic E-state index is 0.896. The fourth-order valence-corrected chi connectivity index (χ4v) is 2.01. The predicted octanol–water partition coefficient (Wildman–Crippen LogP) is 2.74. The van der Waals surface area contributed by atoms with Gasteiger partial charge in [-0.05, 0) is 31.0 Å². The first kappa shape index (κ1) is 12.8. The lowest BCUT2D eigenvalue weighted by Crippen LogP contribution is -2.14. The number of aromatic nitrogens is 2. The van der Waals surface area contributed by atoms with Gasteiger partial charge in [-0.15, -0.1) is 0 Å². The quantitative estimate of drug-likeness (QED) is 0.791. The van der Waals surface area contributed by atoms with Crippen LogP contribution in [-0.2, 0) is 13.1 Å². The molecule has 0 radical (unpaired) electrons. The minimum Gasteiger partial charge on any atom is -0.331 e. The van der Waals surface area contributed by atoms with Crippen molar-refractivity contribution in [3.63, 3.8) is 0 Å². The van der Waals surface area contributed by atoms with Crippen molar-refractivity contribution >= 4 is 0 Å². The molecule has 2 aromatic rings. The van der Waals surface area contributed by atoms with Gasteiger partial charge in [0.15, 0.2) is 0 Å². The number of imidazole rings is 1. The molecule has 0 amide bonds. The second kappa shape index (κ2) is 6.36. The van der Waals surface area contributed by atoms with E-state index in [-0.39, 0.29) is 0 Å². The van der Waals surface area contributed by atoms with Gasteiger partial charge in [0.05, 0.1) is 0 Å². The van der Waals surface area contributed by atoms with Gasteiger partial charge in [-0.3, -0.25) is 0 Å². The van der Waals surface area contributed by atoms with E-state index in [0.29, 0.717) is 0 Å². The van der Waals surface area contributed by atoms with Crippen molar-refractivity contribution in [3.8, 4) is 0 Å². The predicted molar refractivity (Wildman–Crippen MR) is 74.5 cm³/mol. The van der Waals surface area contributed by atoms with E-state index in [9.17, 15) is 0 Å². The number of aryl methyl sites for hydroxylation is 1. The fourth-order valence-electron chi connectivity index (χ4n) is 2.01. The lowest BCUT2D eigenvalue weighted by atomic mass is 10.1. The maximum absolute atomic E-state index is 4.25. The van der Waals surface area contributed by atoms with Crippen LogP contribution in [0.4, 0.5) is 0 Å². The first-order valence-corrected chi connectivity index (χ1v) is 6.56. The van der Waals surface area contributed by atoms with Crippen LogP contribution in [0.2, 0.25) is 0 Å². The molecule has 3 nitrogen and oxygen atoms in total. The van der Waals surface area contributed by atoms with Crippen LogP contribution >= 0.6 is 0 Å². The van der Waals surface area contributed by atoms with Crippen LogP contribution in [0.15, 0.2) is 36.7 Å². The van der Waals surface area contributed by atoms with Gasteiger partial charge in [-0.1, -0.05) is 31.2 Å². The normalized spacial score (nSPS) is 10.8. The zero-order valence-corrected chi connectivity index (χ0v) is 11.2. The summed E-state index contributed by atoms with van der Waals surface area (Å²) < 4.78 is 2.17. The number of hydrogen-bond acceptors (Lipinski definition) is 2. The molecule has 1 N–H and O–H groups in total. The van der Waals surface area contributed by atoms with Crippen molar-refractivity contribution in [1.82, 2.24) is 14.9 Å². The summed E-state index contributed by atoms with van der Waals surface area (Å²) in [6.07, 6.45) is 5.05. The lowest BCUT2D eigenvalue weighted by molar-refractivity contribution is 0.674. The molecule has 2 rings (SSSR count). The van der Waals surface area contributed by atoms with E-state index in [1.807, 2.05) is 19.3 Å². The van der Waals surface area contributed by atoms with Crippen molar-refractivity contribution in [1.29, 1.82) is 0 Å². The van der Waals surface area contributed by atoms with E-state index >= 15 is 0 Å². The van der Waals surface area contributed by atoms with Crippen LogP contribution in [0.25, 0.3) is 0 Å². The van der Waals surface area contributed by atoms with Gasteiger partial charge in [0.2, 0.25) is 0 Å². The summed E-state index contributed by atoms with van der Waals surface area (Å²) in [6, 6.07) is 8.74. The molecule has 0 saturated carbocycles. The Labute approximate surface area is 109 Å². The second-order valence-corrected chi connectivity index (χ2v) is 4.60. The molecule has 1 aromatic carbocycles. The van der Waals surface area contributed by atoms with Crippen LogP contribution in [0.5, 0.6) is 0 Å². The van der Waals surface area contributed by atoms with Gasteiger partial charge in [-0.25, -0.2) is 4.98 Å². The minimum atomic E-state index is 0.896. The summed E-state index contributed by atoms with van der Waals surface area (Å²) in [5.74, 6) is 1.06. The average molecular weight is 243 g/mol. The topological polar surface area (TPSA) is 29.9 Å². The van der Waals surface area contributed by atoms with Crippen LogP contribution in [0, 0.1) is 6.92 Å². The first-order chi connectivity index (χ1) is 8.79. The standard InChI is InChI=1S/C15H21N3/c1-3-7-16-11-14-5-4-6-15(10-14)12-18-9-8-17-13(18)2/h4-6,8-10,16H,3,7,11-12H2,1-2H3. The molecule has 0 unspecified atom stereocenters. The van der Waals surface area contributed by atoms with Crippen molar-refractivity contribution < 1.29 is 0 Å². The van der Waals surface area contributed by atoms with Crippen LogP contribution in [-0.4, -0.2) is 16.1 Å². The number of nitrogens with one attached hydrogen (secondary N) is 1. The highest BCUT2D eigenvalue weighted by Crippen LogP contribution is 2.08. The smallest absolute Gasteiger partial charge is 0.105 e. The van der Waals surface area contributed by atoms with Crippen LogP contribution < -0.4 is 5.32 Å². The molecule has 96 valence electrons. The third kappa shape index (κ3) is 3.44. The van der Waals surface area contributed by atoms with Gasteiger partial charge in [0.25, 0.3) is 0 Å². The Bertz CT molecular complexity index is 488. The Morgan fingerprint density at radius 2 is 2.11 bits per heavy atom. The summed E-state index contributed by atoms with van der Waals surface area (Å²) in [5, 5.41) is 3.43. The van der Waals surface area contributed by atoms with Crippen molar-refractivity contribution in [2.75, 3.05) is 6.54 Å². The molecule has 0 bridgehead atoms. The third-order valence-corrected chi connectivity index (χ3v) is 3.02. The molecule has 0 saturated heterocycles. The molecule has 0 fully saturated rings. The molecule has 1 aromatic heterocycles. The van der Waals surface area contributed by atoms with Crippen molar-refractivity contribution in [2.24, 2.45) is 0 Å². The zero-order valence-electron chi connectivity index (χ0n) is 11.2. The van der Waals surface area contributed by atoms with E-state index in [1.54, 1.807) is 0 Å². The zero-order chi connectivity index (χ0) is 12.8. The third-order valence-electron chi connectivity index (χ3n) is 3.02. The molecule has 18 heavy (non-hydrogen) atoms. The van der Waals surface area contributed by atoms with E-state index in [2.05, 4.69) is 46.1 Å². The van der Waals surface area contributed by atoms with Gasteiger partial charge < -0.3 is 9.88 Å². The number of hydrogen-bond donors (Lipinski definition) is 1. The molecule has 0 aliphatic rings. The molecule has 0 aliphatic heterocycles. The second-order valence-electron chi connectivity index (χ2n) is 4.60. The first-order valence-electron chi connectivity index (χ1n) is 6.56. The summed E-state index contributed by atoms with van der Waals surface area (Å²) in [5.41, 5.74) is 2.67. The number of benzene rings is 1. The van der Waals surface area contributed by atoms with Gasteiger partial charge in [0, 0.05) is 25.5 Å². The number of nitrogens with zero attached hydrogens (tertiary/aromatic N) is 2. The van der Waals surface area contributed by atoms with Crippen LogP contribution in [0.3, 0.4) is 0 Å².